The minimum absolute atomic E-state index is 0.665. The zero-order chi connectivity index (χ0) is 10.7. The predicted molar refractivity (Wildman–Crippen MR) is 60.5 cm³/mol. The maximum Gasteiger partial charge on any atom is 0.145 e. The lowest BCUT2D eigenvalue weighted by Gasteiger charge is -2.31. The van der Waals surface area contributed by atoms with Crippen LogP contribution in [0.2, 0.25) is 0 Å². The molecule has 0 spiro atoms. The minimum atomic E-state index is 0.665. The van der Waals surface area contributed by atoms with Gasteiger partial charge in [-0.15, -0.1) is 0 Å². The van der Waals surface area contributed by atoms with Crippen LogP contribution >= 0.6 is 0 Å². The van der Waals surface area contributed by atoms with Gasteiger partial charge in [0.05, 0.1) is 0 Å². The third-order valence-corrected chi connectivity index (χ3v) is 2.91. The maximum absolute atomic E-state index is 5.31. The molecule has 1 aromatic heterocycles. The van der Waals surface area contributed by atoms with E-state index in [0.717, 1.165) is 24.8 Å². The Morgan fingerprint density at radius 3 is 2.80 bits per heavy atom. The van der Waals surface area contributed by atoms with Crippen molar-refractivity contribution in [1.29, 1.82) is 0 Å². The first kappa shape index (κ1) is 10.2. The maximum atomic E-state index is 5.31. The van der Waals surface area contributed by atoms with Crippen LogP contribution < -0.4 is 16.2 Å². The smallest absolute Gasteiger partial charge is 0.145 e. The van der Waals surface area contributed by atoms with Crippen molar-refractivity contribution < 1.29 is 0 Å². The van der Waals surface area contributed by atoms with E-state index >= 15 is 0 Å². The zero-order valence-electron chi connectivity index (χ0n) is 8.98. The zero-order valence-corrected chi connectivity index (χ0v) is 8.98. The summed E-state index contributed by atoms with van der Waals surface area (Å²) in [5, 5.41) is 0. The van der Waals surface area contributed by atoms with Gasteiger partial charge in [-0.05, 0) is 18.8 Å². The largest absolute Gasteiger partial charge is 0.356 e. The summed E-state index contributed by atoms with van der Waals surface area (Å²) in [5.74, 6) is 7.77. The van der Waals surface area contributed by atoms with Crippen molar-refractivity contribution in [3.8, 4) is 0 Å². The molecule has 0 aliphatic carbocycles. The molecule has 1 aliphatic heterocycles. The fraction of sp³-hybridized carbons (Fsp3) is 0.600. The molecular weight excluding hydrogens is 190 g/mol. The van der Waals surface area contributed by atoms with Crippen molar-refractivity contribution >= 4 is 11.6 Å². The van der Waals surface area contributed by atoms with Crippen molar-refractivity contribution in [2.75, 3.05) is 23.4 Å². The van der Waals surface area contributed by atoms with Gasteiger partial charge in [-0.3, -0.25) is 0 Å². The number of nitrogens with two attached hydrogens (primary N) is 1. The van der Waals surface area contributed by atoms with Crippen molar-refractivity contribution in [2.24, 2.45) is 11.8 Å². The molecule has 3 N–H and O–H groups in total. The summed E-state index contributed by atoms with van der Waals surface area (Å²) in [7, 11) is 0. The van der Waals surface area contributed by atoms with Crippen molar-refractivity contribution in [1.82, 2.24) is 9.97 Å². The molecule has 5 nitrogen and oxygen atoms in total. The van der Waals surface area contributed by atoms with Crippen LogP contribution in [0.4, 0.5) is 11.6 Å². The lowest BCUT2D eigenvalue weighted by atomic mass is 9.99. The molecule has 0 saturated carbocycles. The summed E-state index contributed by atoms with van der Waals surface area (Å²) >= 11 is 0. The standard InChI is InChI=1S/C10H17N5/c1-8-2-4-15(5-3-8)10-6-9(14-11)12-7-13-10/h6-8H,2-5,11H2,1H3,(H,12,13,14). The summed E-state index contributed by atoms with van der Waals surface area (Å²) in [6, 6.07) is 1.88. The van der Waals surface area contributed by atoms with Crippen LogP contribution in [0.1, 0.15) is 19.8 Å². The highest BCUT2D eigenvalue weighted by atomic mass is 15.3. The van der Waals surface area contributed by atoms with E-state index < -0.39 is 0 Å². The second kappa shape index (κ2) is 4.44. The first-order chi connectivity index (χ1) is 7.29. The van der Waals surface area contributed by atoms with Crippen LogP contribution in [-0.4, -0.2) is 23.1 Å². The Labute approximate surface area is 89.7 Å². The van der Waals surface area contributed by atoms with E-state index in [1.54, 1.807) is 6.33 Å². The molecule has 2 heterocycles. The predicted octanol–water partition coefficient (Wildman–Crippen LogP) is 0.999. The molecule has 1 saturated heterocycles. The molecule has 0 radical (unpaired) electrons. The van der Waals surface area contributed by atoms with Gasteiger partial charge in [0.2, 0.25) is 0 Å². The summed E-state index contributed by atoms with van der Waals surface area (Å²) in [5.41, 5.74) is 2.54. The number of aromatic nitrogens is 2. The quantitative estimate of drug-likeness (QED) is 0.559. The number of nitrogens with zero attached hydrogens (tertiary/aromatic N) is 3. The van der Waals surface area contributed by atoms with Crippen molar-refractivity contribution in [2.45, 2.75) is 19.8 Å². The van der Waals surface area contributed by atoms with E-state index in [4.69, 9.17) is 5.84 Å². The third-order valence-electron chi connectivity index (χ3n) is 2.91. The number of nitrogen functional groups attached to an aromatic ring is 1. The van der Waals surface area contributed by atoms with Crippen LogP contribution in [-0.2, 0) is 0 Å². The van der Waals surface area contributed by atoms with Crippen molar-refractivity contribution in [3.63, 3.8) is 0 Å². The number of hydrogen-bond acceptors (Lipinski definition) is 5. The van der Waals surface area contributed by atoms with E-state index in [0.29, 0.717) is 5.82 Å². The summed E-state index contributed by atoms with van der Waals surface area (Å²) in [6.45, 7) is 4.44. The molecule has 0 bridgehead atoms. The molecule has 0 amide bonds. The van der Waals surface area contributed by atoms with Gasteiger partial charge in [0.1, 0.15) is 18.0 Å². The molecule has 1 aliphatic rings. The SMILES string of the molecule is CC1CCN(c2cc(NN)ncn2)CC1. The number of piperidine rings is 1. The molecule has 2 rings (SSSR count). The van der Waals surface area contributed by atoms with Crippen LogP contribution in [0.3, 0.4) is 0 Å². The Hall–Kier alpha value is -1.36. The molecule has 5 heteroatoms. The monoisotopic (exact) mass is 207 g/mol. The average molecular weight is 207 g/mol. The summed E-state index contributed by atoms with van der Waals surface area (Å²) < 4.78 is 0. The van der Waals surface area contributed by atoms with Gasteiger partial charge in [-0.2, -0.15) is 0 Å². The first-order valence-electron chi connectivity index (χ1n) is 5.33. The normalized spacial score (nSPS) is 17.9. The second-order valence-electron chi connectivity index (χ2n) is 4.08. The van der Waals surface area contributed by atoms with Gasteiger partial charge < -0.3 is 10.3 Å². The van der Waals surface area contributed by atoms with E-state index in [1.807, 2.05) is 6.07 Å². The molecule has 82 valence electrons. The van der Waals surface area contributed by atoms with Crippen LogP contribution in [0.5, 0.6) is 0 Å². The molecule has 0 aromatic carbocycles. The third kappa shape index (κ3) is 2.36. The van der Waals surface area contributed by atoms with E-state index in [9.17, 15) is 0 Å². The van der Waals surface area contributed by atoms with Gasteiger partial charge in [0, 0.05) is 19.2 Å². The number of rotatable bonds is 2. The molecule has 1 fully saturated rings. The van der Waals surface area contributed by atoms with Gasteiger partial charge >= 0.3 is 0 Å². The Balaban J connectivity index is 2.08. The van der Waals surface area contributed by atoms with E-state index in [-0.39, 0.29) is 0 Å². The van der Waals surface area contributed by atoms with Crippen molar-refractivity contribution in [3.05, 3.63) is 12.4 Å². The van der Waals surface area contributed by atoms with Gasteiger partial charge in [0.15, 0.2) is 0 Å². The number of hydrogen-bond donors (Lipinski definition) is 2. The lowest BCUT2D eigenvalue weighted by Crippen LogP contribution is -2.33. The number of anilines is 2. The van der Waals surface area contributed by atoms with Crippen LogP contribution in [0.25, 0.3) is 0 Å². The Morgan fingerprint density at radius 2 is 2.13 bits per heavy atom. The Morgan fingerprint density at radius 1 is 1.40 bits per heavy atom. The topological polar surface area (TPSA) is 67.1 Å². The van der Waals surface area contributed by atoms with Gasteiger partial charge in [-0.25, -0.2) is 15.8 Å². The number of hydrazine groups is 1. The fourth-order valence-corrected chi connectivity index (χ4v) is 1.84. The highest BCUT2D eigenvalue weighted by Crippen LogP contribution is 2.21. The molecule has 0 unspecified atom stereocenters. The second-order valence-corrected chi connectivity index (χ2v) is 4.08. The Kier molecular flexibility index (Phi) is 3.01. The van der Waals surface area contributed by atoms with E-state index in [2.05, 4.69) is 27.2 Å². The van der Waals surface area contributed by atoms with Crippen LogP contribution in [0, 0.1) is 5.92 Å². The lowest BCUT2D eigenvalue weighted by molar-refractivity contribution is 0.436. The minimum Gasteiger partial charge on any atom is -0.356 e. The molecule has 0 atom stereocenters. The first-order valence-corrected chi connectivity index (χ1v) is 5.33. The highest BCUT2D eigenvalue weighted by molar-refractivity contribution is 5.47. The fourth-order valence-electron chi connectivity index (χ4n) is 1.84. The van der Waals surface area contributed by atoms with Gasteiger partial charge in [-0.1, -0.05) is 6.92 Å². The molecular formula is C10H17N5. The average Bonchev–Trinajstić information content (AvgIpc) is 2.30. The Bertz CT molecular complexity index is 319. The van der Waals surface area contributed by atoms with Gasteiger partial charge in [0.25, 0.3) is 0 Å². The summed E-state index contributed by atoms with van der Waals surface area (Å²) in [4.78, 5) is 10.5. The number of nitrogens with one attached hydrogen (secondary N) is 1. The molecule has 15 heavy (non-hydrogen) atoms. The summed E-state index contributed by atoms with van der Waals surface area (Å²) in [6.07, 6.45) is 4.01. The molecule has 1 aromatic rings. The van der Waals surface area contributed by atoms with E-state index in [1.165, 1.54) is 12.8 Å². The van der Waals surface area contributed by atoms with Crippen LogP contribution in [0.15, 0.2) is 12.4 Å². The highest BCUT2D eigenvalue weighted by Gasteiger charge is 2.16.